The molecule has 1 aliphatic heterocycles. The van der Waals surface area contributed by atoms with Crippen LogP contribution >= 0.6 is 11.8 Å². The van der Waals surface area contributed by atoms with Crippen molar-refractivity contribution in [3.8, 4) is 6.07 Å². The first-order valence-corrected chi connectivity index (χ1v) is 11.9. The van der Waals surface area contributed by atoms with E-state index < -0.39 is 11.2 Å². The predicted octanol–water partition coefficient (Wildman–Crippen LogP) is 5.68. The van der Waals surface area contributed by atoms with Gasteiger partial charge < -0.3 is 5.32 Å². The SMILES string of the molecule is Cc1ccc(CC2SC(=C(C#N)C(=O)Nc3ccc(C)cc3)N(c3ccc(C)cc3)C2=O)cc1. The van der Waals surface area contributed by atoms with Crippen molar-refractivity contribution in [2.75, 3.05) is 10.2 Å². The lowest BCUT2D eigenvalue weighted by Gasteiger charge is -2.19. The van der Waals surface area contributed by atoms with Gasteiger partial charge in [0.25, 0.3) is 5.91 Å². The van der Waals surface area contributed by atoms with Crippen LogP contribution in [0.3, 0.4) is 0 Å². The zero-order valence-corrected chi connectivity index (χ0v) is 20.1. The van der Waals surface area contributed by atoms with Gasteiger partial charge >= 0.3 is 0 Å². The summed E-state index contributed by atoms with van der Waals surface area (Å²) in [6, 6.07) is 25.0. The highest BCUT2D eigenvalue weighted by Gasteiger charge is 2.40. The number of nitrogens with zero attached hydrogens (tertiary/aromatic N) is 2. The molecule has 1 aliphatic rings. The van der Waals surface area contributed by atoms with Crippen LogP contribution in [0.5, 0.6) is 0 Å². The number of amides is 2. The minimum Gasteiger partial charge on any atom is -0.321 e. The second kappa shape index (κ2) is 9.98. The summed E-state index contributed by atoms with van der Waals surface area (Å²) in [5.74, 6) is -0.671. The van der Waals surface area contributed by atoms with Crippen LogP contribution in [0.15, 0.2) is 83.4 Å². The number of anilines is 2. The third-order valence-electron chi connectivity index (χ3n) is 5.65. The molecule has 34 heavy (non-hydrogen) atoms. The number of hydrogen-bond acceptors (Lipinski definition) is 4. The highest BCUT2D eigenvalue weighted by molar-refractivity contribution is 8.05. The van der Waals surface area contributed by atoms with E-state index in [1.54, 1.807) is 12.1 Å². The number of thioether (sulfide) groups is 1. The summed E-state index contributed by atoms with van der Waals surface area (Å²) < 4.78 is 0. The maximum absolute atomic E-state index is 13.5. The second-order valence-corrected chi connectivity index (χ2v) is 9.61. The lowest BCUT2D eigenvalue weighted by Crippen LogP contribution is -2.30. The number of rotatable bonds is 5. The van der Waals surface area contributed by atoms with Gasteiger partial charge in [-0.1, -0.05) is 77.0 Å². The van der Waals surface area contributed by atoms with Crippen LogP contribution in [0.4, 0.5) is 11.4 Å². The zero-order valence-electron chi connectivity index (χ0n) is 19.3. The quantitative estimate of drug-likeness (QED) is 0.387. The van der Waals surface area contributed by atoms with Crippen LogP contribution in [0.2, 0.25) is 0 Å². The number of carbonyl (C=O) groups excluding carboxylic acids is 2. The lowest BCUT2D eigenvalue weighted by molar-refractivity contribution is -0.117. The Morgan fingerprint density at radius 1 is 0.912 bits per heavy atom. The Balaban J connectivity index is 1.71. The predicted molar refractivity (Wildman–Crippen MR) is 137 cm³/mol. The third-order valence-corrected chi connectivity index (χ3v) is 6.91. The van der Waals surface area contributed by atoms with Crippen molar-refractivity contribution in [1.82, 2.24) is 0 Å². The Kier molecular flexibility index (Phi) is 6.85. The van der Waals surface area contributed by atoms with E-state index in [0.717, 1.165) is 22.3 Å². The van der Waals surface area contributed by atoms with Crippen molar-refractivity contribution in [3.63, 3.8) is 0 Å². The van der Waals surface area contributed by atoms with Gasteiger partial charge in [0.05, 0.1) is 5.25 Å². The highest BCUT2D eigenvalue weighted by Crippen LogP contribution is 2.42. The fraction of sp³-hybridized carbons (Fsp3) is 0.179. The Morgan fingerprint density at radius 2 is 1.44 bits per heavy atom. The maximum atomic E-state index is 13.5. The molecule has 0 radical (unpaired) electrons. The van der Waals surface area contributed by atoms with Crippen molar-refractivity contribution in [2.24, 2.45) is 0 Å². The van der Waals surface area contributed by atoms with Crippen LogP contribution in [0.1, 0.15) is 22.3 Å². The molecule has 0 aliphatic carbocycles. The average molecular weight is 468 g/mol. The van der Waals surface area contributed by atoms with Gasteiger partial charge in [0.15, 0.2) is 0 Å². The molecule has 4 rings (SSSR count). The summed E-state index contributed by atoms with van der Waals surface area (Å²) >= 11 is 1.27. The van der Waals surface area contributed by atoms with Crippen LogP contribution in [-0.4, -0.2) is 17.1 Å². The van der Waals surface area contributed by atoms with Gasteiger partial charge in [-0.3, -0.25) is 14.5 Å². The fourth-order valence-corrected chi connectivity index (χ4v) is 4.99. The number of nitriles is 1. The summed E-state index contributed by atoms with van der Waals surface area (Å²) in [4.78, 5) is 28.2. The van der Waals surface area contributed by atoms with Gasteiger partial charge in [-0.25, -0.2) is 0 Å². The molecular weight excluding hydrogens is 442 g/mol. The van der Waals surface area contributed by atoms with E-state index in [0.29, 0.717) is 22.8 Å². The van der Waals surface area contributed by atoms with Crippen molar-refractivity contribution >= 4 is 35.0 Å². The number of aryl methyl sites for hydroxylation is 3. The van der Waals surface area contributed by atoms with E-state index in [2.05, 4.69) is 11.4 Å². The van der Waals surface area contributed by atoms with Crippen molar-refractivity contribution in [2.45, 2.75) is 32.4 Å². The normalized spacial score (nSPS) is 16.8. The molecule has 0 bridgehead atoms. The topological polar surface area (TPSA) is 73.2 Å². The van der Waals surface area contributed by atoms with Gasteiger partial charge in [-0.2, -0.15) is 5.26 Å². The monoisotopic (exact) mass is 467 g/mol. The third kappa shape index (κ3) is 5.05. The Bertz CT molecular complexity index is 1290. The van der Waals surface area contributed by atoms with Crippen LogP contribution in [0, 0.1) is 32.1 Å². The molecule has 1 saturated heterocycles. The summed E-state index contributed by atoms with van der Waals surface area (Å²) in [5.41, 5.74) is 5.46. The molecule has 3 aromatic rings. The molecule has 1 atom stereocenters. The van der Waals surface area contributed by atoms with Gasteiger partial charge in [0.1, 0.15) is 16.7 Å². The smallest absolute Gasteiger partial charge is 0.269 e. The molecule has 170 valence electrons. The molecular formula is C28H25N3O2S. The Labute approximate surface area is 204 Å². The Morgan fingerprint density at radius 3 is 2.00 bits per heavy atom. The molecule has 1 heterocycles. The molecule has 1 fully saturated rings. The summed E-state index contributed by atoms with van der Waals surface area (Å²) in [6.45, 7) is 5.95. The largest absolute Gasteiger partial charge is 0.321 e. The van der Waals surface area contributed by atoms with Crippen LogP contribution in [0.25, 0.3) is 0 Å². The molecule has 6 heteroatoms. The zero-order chi connectivity index (χ0) is 24.2. The van der Waals surface area contributed by atoms with Gasteiger partial charge in [-0.15, -0.1) is 0 Å². The van der Waals surface area contributed by atoms with Gasteiger partial charge in [0.2, 0.25) is 5.91 Å². The maximum Gasteiger partial charge on any atom is 0.269 e. The minimum atomic E-state index is -0.533. The standard InChI is InChI=1S/C28H25N3O2S/c1-18-4-10-21(11-5-18)16-25-27(33)31(23-14-8-20(3)9-15-23)28(34-25)24(17-29)26(32)30-22-12-6-19(2)7-13-22/h4-15,25H,16H2,1-3H3,(H,30,32). The molecule has 1 N–H and O–H groups in total. The summed E-state index contributed by atoms with van der Waals surface area (Å²) in [6.07, 6.45) is 0.508. The molecule has 1 unspecified atom stereocenters. The van der Waals surface area contributed by atoms with E-state index in [-0.39, 0.29) is 11.5 Å². The summed E-state index contributed by atoms with van der Waals surface area (Å²) in [7, 11) is 0. The van der Waals surface area contributed by atoms with E-state index in [1.807, 2.05) is 81.4 Å². The molecule has 2 amide bonds. The minimum absolute atomic E-state index is 0.0779. The van der Waals surface area contributed by atoms with Crippen molar-refractivity contribution < 1.29 is 9.59 Å². The van der Waals surface area contributed by atoms with Gasteiger partial charge in [-0.05, 0) is 57.0 Å². The van der Waals surface area contributed by atoms with Crippen LogP contribution < -0.4 is 10.2 Å². The average Bonchev–Trinajstić information content (AvgIpc) is 3.13. The second-order valence-electron chi connectivity index (χ2n) is 8.42. The number of carbonyl (C=O) groups is 2. The highest BCUT2D eigenvalue weighted by atomic mass is 32.2. The molecule has 0 aromatic heterocycles. The van der Waals surface area contributed by atoms with E-state index in [9.17, 15) is 14.9 Å². The first-order chi connectivity index (χ1) is 16.4. The lowest BCUT2D eigenvalue weighted by atomic mass is 10.1. The van der Waals surface area contributed by atoms with E-state index in [4.69, 9.17) is 0 Å². The fourth-order valence-electron chi connectivity index (χ4n) is 3.68. The summed E-state index contributed by atoms with van der Waals surface area (Å²) in [5, 5.41) is 12.7. The first kappa shape index (κ1) is 23.3. The van der Waals surface area contributed by atoms with E-state index in [1.165, 1.54) is 16.7 Å². The van der Waals surface area contributed by atoms with E-state index >= 15 is 0 Å². The van der Waals surface area contributed by atoms with Crippen molar-refractivity contribution in [1.29, 1.82) is 5.26 Å². The molecule has 0 saturated carbocycles. The Hall–Kier alpha value is -3.82. The van der Waals surface area contributed by atoms with Crippen LogP contribution in [-0.2, 0) is 16.0 Å². The van der Waals surface area contributed by atoms with Crippen molar-refractivity contribution in [3.05, 3.63) is 106 Å². The first-order valence-electron chi connectivity index (χ1n) is 11.0. The number of benzene rings is 3. The molecule has 0 spiro atoms. The number of nitrogens with one attached hydrogen (secondary N) is 1. The molecule has 5 nitrogen and oxygen atoms in total. The molecule has 3 aromatic carbocycles. The van der Waals surface area contributed by atoms with Gasteiger partial charge in [0, 0.05) is 11.4 Å². The number of hydrogen-bond donors (Lipinski definition) is 1.